The lowest BCUT2D eigenvalue weighted by Gasteiger charge is -2.13. The third kappa shape index (κ3) is 4.78. The van der Waals surface area contributed by atoms with Crippen molar-refractivity contribution < 1.29 is 4.79 Å². The standard InChI is InChI=1S/C18H16Cl2N6O/c1-10(27)24-11-2-4-12(5-3-11)25-17-16(21)18(23-9-22-17)26-13-6-7-14(19)15(20)8-13/h2-9H,21H2,1H3,(H,24,27)(H2,22,23,25,26). The molecule has 0 saturated carbocycles. The van der Waals surface area contributed by atoms with Gasteiger partial charge in [0.2, 0.25) is 5.91 Å². The summed E-state index contributed by atoms with van der Waals surface area (Å²) in [6.07, 6.45) is 1.39. The molecule has 2 aromatic carbocycles. The van der Waals surface area contributed by atoms with E-state index in [1.165, 1.54) is 13.3 Å². The van der Waals surface area contributed by atoms with E-state index in [1.54, 1.807) is 42.5 Å². The molecule has 0 radical (unpaired) electrons. The largest absolute Gasteiger partial charge is 0.393 e. The summed E-state index contributed by atoms with van der Waals surface area (Å²) < 4.78 is 0. The highest BCUT2D eigenvalue weighted by molar-refractivity contribution is 6.42. The predicted molar refractivity (Wildman–Crippen MR) is 110 cm³/mol. The molecule has 138 valence electrons. The molecule has 3 rings (SSSR count). The minimum absolute atomic E-state index is 0.131. The SMILES string of the molecule is CC(=O)Nc1ccc(Nc2ncnc(Nc3ccc(Cl)c(Cl)c3)c2N)cc1. The zero-order valence-electron chi connectivity index (χ0n) is 14.3. The minimum Gasteiger partial charge on any atom is -0.393 e. The lowest BCUT2D eigenvalue weighted by Crippen LogP contribution is -2.06. The number of nitrogens with zero attached hydrogens (tertiary/aromatic N) is 2. The number of aromatic nitrogens is 2. The number of carbonyl (C=O) groups is 1. The Morgan fingerprint density at radius 3 is 2.04 bits per heavy atom. The first-order valence-electron chi connectivity index (χ1n) is 7.89. The van der Waals surface area contributed by atoms with Crippen LogP contribution in [-0.2, 0) is 4.79 Å². The van der Waals surface area contributed by atoms with Gasteiger partial charge in [-0.25, -0.2) is 9.97 Å². The van der Waals surface area contributed by atoms with Crippen LogP contribution >= 0.6 is 23.2 Å². The molecule has 1 heterocycles. The molecular formula is C18H16Cl2N6O. The van der Waals surface area contributed by atoms with Crippen LogP contribution < -0.4 is 21.7 Å². The van der Waals surface area contributed by atoms with Gasteiger partial charge in [0.15, 0.2) is 11.6 Å². The highest BCUT2D eigenvalue weighted by Gasteiger charge is 2.10. The van der Waals surface area contributed by atoms with E-state index < -0.39 is 0 Å². The predicted octanol–water partition coefficient (Wildman–Crippen LogP) is 4.81. The van der Waals surface area contributed by atoms with E-state index in [9.17, 15) is 4.79 Å². The van der Waals surface area contributed by atoms with Crippen molar-refractivity contribution in [1.29, 1.82) is 0 Å². The summed E-state index contributed by atoms with van der Waals surface area (Å²) in [4.78, 5) is 19.4. The fourth-order valence-corrected chi connectivity index (χ4v) is 2.58. The third-order valence-corrected chi connectivity index (χ3v) is 4.27. The first-order valence-corrected chi connectivity index (χ1v) is 8.65. The first kappa shape index (κ1) is 18.8. The lowest BCUT2D eigenvalue weighted by atomic mass is 10.2. The van der Waals surface area contributed by atoms with E-state index in [4.69, 9.17) is 28.9 Å². The van der Waals surface area contributed by atoms with Gasteiger partial charge in [0, 0.05) is 24.0 Å². The molecule has 1 amide bonds. The number of nitrogen functional groups attached to an aromatic ring is 1. The van der Waals surface area contributed by atoms with Gasteiger partial charge in [-0.15, -0.1) is 0 Å². The van der Waals surface area contributed by atoms with Crippen LogP contribution in [0, 0.1) is 0 Å². The molecule has 27 heavy (non-hydrogen) atoms. The zero-order chi connectivity index (χ0) is 19.4. The second-order valence-corrected chi connectivity index (χ2v) is 6.44. The summed E-state index contributed by atoms with van der Waals surface area (Å²) in [5.74, 6) is 0.745. The molecule has 0 unspecified atom stereocenters. The van der Waals surface area contributed by atoms with E-state index in [2.05, 4.69) is 25.9 Å². The van der Waals surface area contributed by atoms with E-state index in [0.29, 0.717) is 38.7 Å². The number of benzene rings is 2. The van der Waals surface area contributed by atoms with Crippen molar-refractivity contribution in [2.45, 2.75) is 6.92 Å². The molecule has 0 bridgehead atoms. The van der Waals surface area contributed by atoms with E-state index in [0.717, 1.165) is 5.69 Å². The average Bonchev–Trinajstić information content (AvgIpc) is 2.63. The summed E-state index contributed by atoms with van der Waals surface area (Å²) in [6.45, 7) is 1.45. The molecule has 9 heteroatoms. The van der Waals surface area contributed by atoms with E-state index >= 15 is 0 Å². The van der Waals surface area contributed by atoms with Crippen molar-refractivity contribution in [3.8, 4) is 0 Å². The quantitative estimate of drug-likeness (QED) is 0.487. The molecule has 0 saturated heterocycles. The van der Waals surface area contributed by atoms with Crippen LogP contribution in [0.25, 0.3) is 0 Å². The summed E-state index contributed by atoms with van der Waals surface area (Å²) in [7, 11) is 0. The molecule has 0 atom stereocenters. The average molecular weight is 403 g/mol. The molecule has 0 fully saturated rings. The minimum atomic E-state index is -0.131. The van der Waals surface area contributed by atoms with Gasteiger partial charge >= 0.3 is 0 Å². The second-order valence-electron chi connectivity index (χ2n) is 5.62. The van der Waals surface area contributed by atoms with Gasteiger partial charge in [0.05, 0.1) is 10.0 Å². The highest BCUT2D eigenvalue weighted by atomic mass is 35.5. The molecule has 0 spiro atoms. The van der Waals surface area contributed by atoms with Crippen molar-refractivity contribution in [3.05, 3.63) is 58.8 Å². The smallest absolute Gasteiger partial charge is 0.221 e. The van der Waals surface area contributed by atoms with Crippen LogP contribution in [0.5, 0.6) is 0 Å². The summed E-state index contributed by atoms with van der Waals surface area (Å²) in [5, 5.41) is 9.80. The Labute approximate surface area is 165 Å². The molecular weight excluding hydrogens is 387 g/mol. The van der Waals surface area contributed by atoms with Crippen molar-refractivity contribution in [2.24, 2.45) is 0 Å². The molecule has 5 N–H and O–H groups in total. The van der Waals surface area contributed by atoms with Gasteiger partial charge in [-0.05, 0) is 42.5 Å². The fourth-order valence-electron chi connectivity index (χ4n) is 2.28. The van der Waals surface area contributed by atoms with Crippen LogP contribution in [-0.4, -0.2) is 15.9 Å². The lowest BCUT2D eigenvalue weighted by molar-refractivity contribution is -0.114. The van der Waals surface area contributed by atoms with Crippen LogP contribution in [0.4, 0.5) is 34.4 Å². The zero-order valence-corrected chi connectivity index (χ0v) is 15.8. The Bertz CT molecular complexity index is 978. The van der Waals surface area contributed by atoms with E-state index in [-0.39, 0.29) is 5.91 Å². The second kappa shape index (κ2) is 8.11. The fraction of sp³-hybridized carbons (Fsp3) is 0.0556. The van der Waals surface area contributed by atoms with Crippen molar-refractivity contribution in [3.63, 3.8) is 0 Å². The Balaban J connectivity index is 1.78. The molecule has 0 aliphatic carbocycles. The monoisotopic (exact) mass is 402 g/mol. The maximum absolute atomic E-state index is 11.1. The Hall–Kier alpha value is -3.03. The molecule has 0 aliphatic rings. The van der Waals surface area contributed by atoms with Gasteiger partial charge in [-0.3, -0.25) is 4.79 Å². The van der Waals surface area contributed by atoms with Gasteiger partial charge in [0.25, 0.3) is 0 Å². The molecule has 1 aromatic heterocycles. The normalized spacial score (nSPS) is 10.3. The first-order chi connectivity index (χ1) is 12.9. The summed E-state index contributed by atoms with van der Waals surface area (Å²) >= 11 is 12.0. The van der Waals surface area contributed by atoms with Gasteiger partial charge in [-0.2, -0.15) is 0 Å². The Morgan fingerprint density at radius 2 is 1.44 bits per heavy atom. The molecule has 3 aromatic rings. The maximum atomic E-state index is 11.1. The topological polar surface area (TPSA) is 105 Å². The van der Waals surface area contributed by atoms with Crippen LogP contribution in [0.3, 0.4) is 0 Å². The highest BCUT2D eigenvalue weighted by Crippen LogP contribution is 2.31. The van der Waals surface area contributed by atoms with Crippen molar-refractivity contribution in [1.82, 2.24) is 9.97 Å². The van der Waals surface area contributed by atoms with Gasteiger partial charge in [0.1, 0.15) is 12.0 Å². The Morgan fingerprint density at radius 1 is 0.889 bits per heavy atom. The molecule has 0 aliphatic heterocycles. The van der Waals surface area contributed by atoms with E-state index in [1.807, 2.05) is 0 Å². The summed E-state index contributed by atoms with van der Waals surface area (Å²) in [5.41, 5.74) is 8.67. The van der Waals surface area contributed by atoms with Crippen LogP contribution in [0.1, 0.15) is 6.92 Å². The van der Waals surface area contributed by atoms with Gasteiger partial charge < -0.3 is 21.7 Å². The number of halogens is 2. The van der Waals surface area contributed by atoms with Crippen molar-refractivity contribution in [2.75, 3.05) is 21.7 Å². The Kier molecular flexibility index (Phi) is 5.63. The molecule has 7 nitrogen and oxygen atoms in total. The summed E-state index contributed by atoms with van der Waals surface area (Å²) in [6, 6.07) is 12.3. The number of hydrogen-bond donors (Lipinski definition) is 4. The number of anilines is 6. The number of nitrogens with two attached hydrogens (primary N) is 1. The number of rotatable bonds is 5. The third-order valence-electron chi connectivity index (χ3n) is 3.53. The van der Waals surface area contributed by atoms with Crippen LogP contribution in [0.2, 0.25) is 10.0 Å². The number of nitrogens with one attached hydrogen (secondary N) is 3. The van der Waals surface area contributed by atoms with Gasteiger partial charge in [-0.1, -0.05) is 23.2 Å². The maximum Gasteiger partial charge on any atom is 0.221 e. The number of hydrogen-bond acceptors (Lipinski definition) is 6. The van der Waals surface area contributed by atoms with Crippen LogP contribution in [0.15, 0.2) is 48.8 Å². The van der Waals surface area contributed by atoms with Crippen molar-refractivity contribution >= 4 is 63.5 Å². The number of amides is 1. The number of carbonyl (C=O) groups excluding carboxylic acids is 1.